The molecule has 23 heavy (non-hydrogen) atoms. The van der Waals surface area contributed by atoms with Gasteiger partial charge < -0.3 is 9.47 Å². The molecule has 0 aliphatic heterocycles. The average molecular weight is 426 g/mol. The maximum Gasteiger partial charge on any atom is 0.417 e. The van der Waals surface area contributed by atoms with Crippen LogP contribution in [0.4, 0.5) is 21.0 Å². The summed E-state index contributed by atoms with van der Waals surface area (Å²) in [6, 6.07) is 13.8. The highest BCUT2D eigenvalue weighted by Crippen LogP contribution is 2.18. The summed E-state index contributed by atoms with van der Waals surface area (Å²) in [6.45, 7) is 1.99. The molecule has 0 saturated carbocycles. The highest BCUT2D eigenvalue weighted by molar-refractivity contribution is 14.1. The molecule has 2 amide bonds. The summed E-state index contributed by atoms with van der Waals surface area (Å²) < 4.78 is 11.0. The normalized spacial score (nSPS) is 9.83. The Bertz CT molecular complexity index is 689. The summed E-state index contributed by atoms with van der Waals surface area (Å²) in [7, 11) is 0. The van der Waals surface area contributed by atoms with Crippen molar-refractivity contribution in [1.29, 1.82) is 0 Å². The third-order valence-electron chi connectivity index (χ3n) is 2.66. The van der Waals surface area contributed by atoms with Crippen LogP contribution >= 0.6 is 22.6 Å². The van der Waals surface area contributed by atoms with E-state index in [0.29, 0.717) is 17.1 Å². The summed E-state index contributed by atoms with van der Waals surface area (Å²) in [4.78, 5) is 23.2. The summed E-state index contributed by atoms with van der Waals surface area (Å²) >= 11 is 2.18. The molecule has 0 bridgehead atoms. The van der Waals surface area contributed by atoms with Gasteiger partial charge in [-0.25, -0.2) is 9.59 Å². The van der Waals surface area contributed by atoms with Crippen LogP contribution in [-0.2, 0) is 4.74 Å². The monoisotopic (exact) mass is 426 g/mol. The largest absolute Gasteiger partial charge is 0.450 e. The molecule has 0 fully saturated rings. The number of carbonyl (C=O) groups is 2. The minimum atomic E-state index is -0.612. The Kier molecular flexibility index (Phi) is 6.21. The Labute approximate surface area is 147 Å². The first-order valence-corrected chi connectivity index (χ1v) is 7.93. The number of nitrogens with one attached hydrogen (secondary N) is 2. The van der Waals surface area contributed by atoms with Gasteiger partial charge in [-0.2, -0.15) is 0 Å². The molecule has 0 saturated heterocycles. The Hall–Kier alpha value is -2.29. The predicted octanol–water partition coefficient (Wildman–Crippen LogP) is 4.47. The summed E-state index contributed by atoms with van der Waals surface area (Å²) in [5.74, 6) is 0.308. The van der Waals surface area contributed by atoms with E-state index < -0.39 is 12.2 Å². The molecule has 2 aromatic carbocycles. The topological polar surface area (TPSA) is 76.7 Å². The van der Waals surface area contributed by atoms with E-state index in [-0.39, 0.29) is 6.61 Å². The van der Waals surface area contributed by atoms with Gasteiger partial charge in [0.2, 0.25) is 0 Å². The molecular weight excluding hydrogens is 411 g/mol. The molecular formula is C16H15IN2O4. The molecule has 0 heterocycles. The number of rotatable bonds is 4. The average Bonchev–Trinajstić information content (AvgIpc) is 2.50. The van der Waals surface area contributed by atoms with Crippen molar-refractivity contribution in [2.75, 3.05) is 17.2 Å². The van der Waals surface area contributed by atoms with Crippen molar-refractivity contribution in [3.63, 3.8) is 0 Å². The lowest BCUT2D eigenvalue weighted by atomic mass is 10.3. The second-order valence-electron chi connectivity index (χ2n) is 4.39. The number of halogens is 1. The zero-order valence-corrected chi connectivity index (χ0v) is 14.5. The van der Waals surface area contributed by atoms with Crippen molar-refractivity contribution in [3.8, 4) is 5.75 Å². The van der Waals surface area contributed by atoms with Crippen LogP contribution in [0.5, 0.6) is 5.75 Å². The van der Waals surface area contributed by atoms with Crippen LogP contribution in [0.3, 0.4) is 0 Å². The predicted molar refractivity (Wildman–Crippen MR) is 95.9 cm³/mol. The highest BCUT2D eigenvalue weighted by Gasteiger charge is 2.07. The zero-order valence-electron chi connectivity index (χ0n) is 12.3. The summed E-state index contributed by atoms with van der Waals surface area (Å²) in [5, 5.41) is 5.16. The van der Waals surface area contributed by atoms with Crippen LogP contribution in [0.1, 0.15) is 6.92 Å². The van der Waals surface area contributed by atoms with E-state index >= 15 is 0 Å². The van der Waals surface area contributed by atoms with Gasteiger partial charge in [0.05, 0.1) is 6.61 Å². The molecule has 2 aromatic rings. The van der Waals surface area contributed by atoms with E-state index in [1.807, 2.05) is 12.1 Å². The smallest absolute Gasteiger partial charge is 0.417 e. The third kappa shape index (κ3) is 5.78. The van der Waals surface area contributed by atoms with Crippen molar-refractivity contribution in [2.24, 2.45) is 0 Å². The summed E-state index contributed by atoms with van der Waals surface area (Å²) in [5.41, 5.74) is 1.11. The van der Waals surface area contributed by atoms with Gasteiger partial charge in [-0.3, -0.25) is 10.6 Å². The molecule has 0 aromatic heterocycles. The van der Waals surface area contributed by atoms with Crippen LogP contribution in [-0.4, -0.2) is 18.8 Å². The van der Waals surface area contributed by atoms with E-state index in [2.05, 4.69) is 33.2 Å². The van der Waals surface area contributed by atoms with Crippen LogP contribution in [0, 0.1) is 3.57 Å². The highest BCUT2D eigenvalue weighted by atomic mass is 127. The molecule has 2 N–H and O–H groups in total. The number of amides is 2. The Morgan fingerprint density at radius 2 is 1.70 bits per heavy atom. The zero-order chi connectivity index (χ0) is 16.7. The molecule has 0 radical (unpaired) electrons. The summed E-state index contributed by atoms with van der Waals surface area (Å²) in [6.07, 6.45) is -1.17. The SMILES string of the molecule is CCOC(=O)Nc1cccc(OC(=O)Nc2ccc(I)cc2)c1. The standard InChI is InChI=1S/C16H15IN2O4/c1-2-22-15(20)19-13-4-3-5-14(10-13)23-16(21)18-12-8-6-11(17)7-9-12/h3-10H,2H2,1H3,(H,18,21)(H,19,20). The Morgan fingerprint density at radius 1 is 1.00 bits per heavy atom. The Balaban J connectivity index is 1.95. The fourth-order valence-electron chi connectivity index (χ4n) is 1.71. The van der Waals surface area contributed by atoms with E-state index in [4.69, 9.17) is 9.47 Å². The van der Waals surface area contributed by atoms with E-state index in [0.717, 1.165) is 3.57 Å². The van der Waals surface area contributed by atoms with Crippen molar-refractivity contribution in [3.05, 3.63) is 52.1 Å². The minimum Gasteiger partial charge on any atom is -0.450 e. The van der Waals surface area contributed by atoms with Gasteiger partial charge >= 0.3 is 12.2 Å². The molecule has 0 aliphatic rings. The second kappa shape index (κ2) is 8.37. The second-order valence-corrected chi connectivity index (χ2v) is 5.64. The first-order chi connectivity index (χ1) is 11.1. The van der Waals surface area contributed by atoms with Gasteiger partial charge in [0.1, 0.15) is 5.75 Å². The number of carbonyl (C=O) groups excluding carboxylic acids is 2. The van der Waals surface area contributed by atoms with Gasteiger partial charge in [-0.15, -0.1) is 0 Å². The van der Waals surface area contributed by atoms with Crippen molar-refractivity contribution in [1.82, 2.24) is 0 Å². The fourth-order valence-corrected chi connectivity index (χ4v) is 2.07. The van der Waals surface area contributed by atoms with E-state index in [1.165, 1.54) is 6.07 Å². The molecule has 0 spiro atoms. The van der Waals surface area contributed by atoms with Crippen molar-refractivity contribution < 1.29 is 19.1 Å². The lowest BCUT2D eigenvalue weighted by Crippen LogP contribution is -2.17. The van der Waals surface area contributed by atoms with Crippen molar-refractivity contribution in [2.45, 2.75) is 6.92 Å². The molecule has 7 heteroatoms. The minimum absolute atomic E-state index is 0.278. The van der Waals surface area contributed by atoms with Gasteiger partial charge in [-0.1, -0.05) is 6.07 Å². The van der Waals surface area contributed by atoms with Crippen LogP contribution in [0.2, 0.25) is 0 Å². The number of hydrogen-bond donors (Lipinski definition) is 2. The number of ether oxygens (including phenoxy) is 2. The maximum atomic E-state index is 11.9. The number of anilines is 2. The van der Waals surface area contributed by atoms with Crippen LogP contribution in [0.15, 0.2) is 48.5 Å². The molecule has 0 unspecified atom stereocenters. The van der Waals surface area contributed by atoms with Gasteiger partial charge in [0.15, 0.2) is 0 Å². The lowest BCUT2D eigenvalue weighted by Gasteiger charge is -2.09. The molecule has 0 atom stereocenters. The van der Waals surface area contributed by atoms with Gasteiger partial charge in [-0.05, 0) is 65.9 Å². The molecule has 6 nitrogen and oxygen atoms in total. The third-order valence-corrected chi connectivity index (χ3v) is 3.38. The number of benzene rings is 2. The van der Waals surface area contributed by atoms with Gasteiger partial charge in [0.25, 0.3) is 0 Å². The molecule has 120 valence electrons. The first-order valence-electron chi connectivity index (χ1n) is 6.85. The molecule has 0 aliphatic carbocycles. The van der Waals surface area contributed by atoms with E-state index in [9.17, 15) is 9.59 Å². The van der Waals surface area contributed by atoms with Gasteiger partial charge in [0, 0.05) is 21.0 Å². The fraction of sp³-hybridized carbons (Fsp3) is 0.125. The maximum absolute atomic E-state index is 11.9. The first kappa shape index (κ1) is 17.1. The van der Waals surface area contributed by atoms with Crippen molar-refractivity contribution >= 4 is 46.2 Å². The Morgan fingerprint density at radius 3 is 2.39 bits per heavy atom. The molecule has 2 rings (SSSR count). The van der Waals surface area contributed by atoms with Crippen LogP contribution < -0.4 is 15.4 Å². The number of hydrogen-bond acceptors (Lipinski definition) is 4. The van der Waals surface area contributed by atoms with E-state index in [1.54, 1.807) is 37.3 Å². The quantitative estimate of drug-likeness (QED) is 0.708. The lowest BCUT2D eigenvalue weighted by molar-refractivity contribution is 0.168. The van der Waals surface area contributed by atoms with Crippen LogP contribution in [0.25, 0.3) is 0 Å².